The lowest BCUT2D eigenvalue weighted by Gasteiger charge is -2.09. The van der Waals surface area contributed by atoms with Crippen LogP contribution in [0.2, 0.25) is 0 Å². The van der Waals surface area contributed by atoms with Crippen LogP contribution in [0, 0.1) is 6.92 Å². The van der Waals surface area contributed by atoms with Gasteiger partial charge >= 0.3 is 0 Å². The molecular formula is C21H22N2O4S2. The Hall–Kier alpha value is -2.71. The molecule has 2 aromatic carbocycles. The Balaban J connectivity index is 1.48. The average Bonchev–Trinajstić information content (AvgIpc) is 3.22. The monoisotopic (exact) mass is 430 g/mol. The number of furan rings is 1. The van der Waals surface area contributed by atoms with Crippen LogP contribution in [0.25, 0.3) is 0 Å². The quantitative estimate of drug-likeness (QED) is 0.500. The third-order valence-corrected chi connectivity index (χ3v) is 6.47. The van der Waals surface area contributed by atoms with Crippen molar-refractivity contribution in [3.05, 3.63) is 83.8 Å². The maximum atomic E-state index is 12.4. The van der Waals surface area contributed by atoms with Crippen LogP contribution in [0.3, 0.4) is 0 Å². The highest BCUT2D eigenvalue weighted by atomic mass is 32.2. The Bertz CT molecular complexity index is 1030. The predicted molar refractivity (Wildman–Crippen MR) is 116 cm³/mol. The SMILES string of the molecule is Cc1ccc(S(=O)(=O)Nc2ccc(C(=O)NCCSCc3ccco3)cc2)cc1. The fourth-order valence-corrected chi connectivity index (χ4v) is 4.34. The standard InChI is InChI=1S/C21H22N2O4S2/c1-16-4-10-20(11-5-16)29(25,26)23-18-8-6-17(7-9-18)21(24)22-12-14-28-15-19-3-2-13-27-19/h2-11,13,23H,12,14-15H2,1H3,(H,22,24). The number of hydrogen-bond acceptors (Lipinski definition) is 5. The van der Waals surface area contributed by atoms with E-state index in [0.717, 1.165) is 22.8 Å². The maximum absolute atomic E-state index is 12.4. The number of sulfonamides is 1. The van der Waals surface area contributed by atoms with E-state index in [1.165, 1.54) is 0 Å². The van der Waals surface area contributed by atoms with Gasteiger partial charge in [0.05, 0.1) is 16.9 Å². The zero-order chi connectivity index (χ0) is 20.7. The molecule has 152 valence electrons. The van der Waals surface area contributed by atoms with Gasteiger partial charge in [0, 0.05) is 23.5 Å². The van der Waals surface area contributed by atoms with Gasteiger partial charge < -0.3 is 9.73 Å². The van der Waals surface area contributed by atoms with Gasteiger partial charge in [0.1, 0.15) is 5.76 Å². The van der Waals surface area contributed by atoms with Crippen LogP contribution >= 0.6 is 11.8 Å². The number of thioether (sulfide) groups is 1. The molecule has 29 heavy (non-hydrogen) atoms. The molecule has 8 heteroatoms. The van der Waals surface area contributed by atoms with E-state index in [-0.39, 0.29) is 10.8 Å². The molecule has 0 aliphatic heterocycles. The van der Waals surface area contributed by atoms with Crippen molar-refractivity contribution in [2.24, 2.45) is 0 Å². The van der Waals surface area contributed by atoms with Gasteiger partial charge in [-0.05, 0) is 55.5 Å². The lowest BCUT2D eigenvalue weighted by molar-refractivity contribution is 0.0956. The minimum Gasteiger partial charge on any atom is -0.468 e. The molecule has 0 radical (unpaired) electrons. The summed E-state index contributed by atoms with van der Waals surface area (Å²) in [6, 6.07) is 16.7. The number of carbonyl (C=O) groups excluding carboxylic acids is 1. The van der Waals surface area contributed by atoms with Crippen molar-refractivity contribution in [1.29, 1.82) is 0 Å². The fraction of sp³-hybridized carbons (Fsp3) is 0.190. The van der Waals surface area contributed by atoms with Gasteiger partial charge in [-0.2, -0.15) is 11.8 Å². The van der Waals surface area contributed by atoms with Gasteiger partial charge in [-0.25, -0.2) is 8.42 Å². The largest absolute Gasteiger partial charge is 0.468 e. The van der Waals surface area contributed by atoms with Crippen molar-refractivity contribution in [2.75, 3.05) is 17.0 Å². The molecule has 0 atom stereocenters. The van der Waals surface area contributed by atoms with E-state index in [1.54, 1.807) is 66.6 Å². The zero-order valence-electron chi connectivity index (χ0n) is 15.9. The van der Waals surface area contributed by atoms with Gasteiger partial charge in [0.15, 0.2) is 0 Å². The number of nitrogens with one attached hydrogen (secondary N) is 2. The molecule has 1 aromatic heterocycles. The molecule has 0 aliphatic rings. The van der Waals surface area contributed by atoms with Crippen molar-refractivity contribution >= 4 is 33.4 Å². The van der Waals surface area contributed by atoms with Crippen molar-refractivity contribution < 1.29 is 17.6 Å². The van der Waals surface area contributed by atoms with Gasteiger partial charge in [0.25, 0.3) is 15.9 Å². The lowest BCUT2D eigenvalue weighted by atomic mass is 10.2. The summed E-state index contributed by atoms with van der Waals surface area (Å²) < 4.78 is 32.6. The molecule has 0 saturated carbocycles. The molecule has 3 rings (SSSR count). The second-order valence-electron chi connectivity index (χ2n) is 6.38. The summed E-state index contributed by atoms with van der Waals surface area (Å²) in [5, 5.41) is 2.85. The first-order chi connectivity index (χ1) is 13.9. The van der Waals surface area contributed by atoms with Crippen LogP contribution in [0.1, 0.15) is 21.7 Å². The minimum atomic E-state index is -3.66. The lowest BCUT2D eigenvalue weighted by Crippen LogP contribution is -2.25. The number of carbonyl (C=O) groups is 1. The first kappa shape index (κ1) is 21.0. The average molecular weight is 431 g/mol. The van der Waals surface area contributed by atoms with Crippen molar-refractivity contribution in [3.8, 4) is 0 Å². The number of benzene rings is 2. The smallest absolute Gasteiger partial charge is 0.261 e. The Morgan fingerprint density at radius 3 is 2.41 bits per heavy atom. The number of anilines is 1. The topological polar surface area (TPSA) is 88.4 Å². The number of amides is 1. The summed E-state index contributed by atoms with van der Waals surface area (Å²) in [5.74, 6) is 2.24. The fourth-order valence-electron chi connectivity index (χ4n) is 2.53. The highest BCUT2D eigenvalue weighted by Gasteiger charge is 2.14. The molecule has 0 fully saturated rings. The highest BCUT2D eigenvalue weighted by Crippen LogP contribution is 2.17. The normalized spacial score (nSPS) is 11.2. The molecule has 3 aromatic rings. The van der Waals surface area contributed by atoms with Crippen molar-refractivity contribution in [3.63, 3.8) is 0 Å². The highest BCUT2D eigenvalue weighted by molar-refractivity contribution is 7.98. The molecule has 0 aliphatic carbocycles. The first-order valence-electron chi connectivity index (χ1n) is 9.02. The first-order valence-corrected chi connectivity index (χ1v) is 11.7. The summed E-state index contributed by atoms with van der Waals surface area (Å²) in [4.78, 5) is 12.4. The molecule has 2 N–H and O–H groups in total. The zero-order valence-corrected chi connectivity index (χ0v) is 17.6. The molecule has 1 amide bonds. The number of hydrogen-bond donors (Lipinski definition) is 2. The van der Waals surface area contributed by atoms with Crippen molar-refractivity contribution in [1.82, 2.24) is 5.32 Å². The van der Waals surface area contributed by atoms with Gasteiger partial charge in [-0.15, -0.1) is 0 Å². The van der Waals surface area contributed by atoms with E-state index in [4.69, 9.17) is 4.42 Å². The van der Waals surface area contributed by atoms with E-state index in [1.807, 2.05) is 19.1 Å². The summed E-state index contributed by atoms with van der Waals surface area (Å²) in [7, 11) is -3.66. The van der Waals surface area contributed by atoms with E-state index in [2.05, 4.69) is 10.0 Å². The van der Waals surface area contributed by atoms with Crippen LogP contribution in [0.15, 0.2) is 76.2 Å². The molecule has 0 unspecified atom stereocenters. The summed E-state index contributed by atoms with van der Waals surface area (Å²) in [6.45, 7) is 2.43. The van der Waals surface area contributed by atoms with Crippen LogP contribution in [0.5, 0.6) is 0 Å². The summed E-state index contributed by atoms with van der Waals surface area (Å²) in [5.41, 5.74) is 1.86. The van der Waals surface area contributed by atoms with Crippen LogP contribution in [-0.2, 0) is 15.8 Å². The third kappa shape index (κ3) is 6.13. The van der Waals surface area contributed by atoms with Crippen LogP contribution in [-0.4, -0.2) is 26.6 Å². The molecule has 0 spiro atoms. The second kappa shape index (κ2) is 9.67. The van der Waals surface area contributed by atoms with Gasteiger partial charge in [0.2, 0.25) is 0 Å². The van der Waals surface area contributed by atoms with Gasteiger partial charge in [-0.1, -0.05) is 17.7 Å². The Morgan fingerprint density at radius 1 is 1.03 bits per heavy atom. The van der Waals surface area contributed by atoms with Crippen LogP contribution < -0.4 is 10.0 Å². The number of rotatable bonds is 9. The van der Waals surface area contributed by atoms with E-state index >= 15 is 0 Å². The van der Waals surface area contributed by atoms with E-state index in [0.29, 0.717) is 17.8 Å². The Labute approximate surface area is 174 Å². The second-order valence-corrected chi connectivity index (χ2v) is 9.17. The predicted octanol–water partition coefficient (Wildman–Crippen LogP) is 4.05. The van der Waals surface area contributed by atoms with Crippen LogP contribution in [0.4, 0.5) is 5.69 Å². The Kier molecular flexibility index (Phi) is 7.00. The summed E-state index contributed by atoms with van der Waals surface area (Å²) >= 11 is 1.67. The molecule has 0 bridgehead atoms. The molecule has 0 saturated heterocycles. The maximum Gasteiger partial charge on any atom is 0.261 e. The third-order valence-electron chi connectivity index (χ3n) is 4.09. The molecular weight excluding hydrogens is 408 g/mol. The molecule has 6 nitrogen and oxygen atoms in total. The van der Waals surface area contributed by atoms with E-state index < -0.39 is 10.0 Å². The minimum absolute atomic E-state index is 0.192. The molecule has 1 heterocycles. The Morgan fingerprint density at radius 2 is 1.76 bits per heavy atom. The van der Waals surface area contributed by atoms with Gasteiger partial charge in [-0.3, -0.25) is 9.52 Å². The van der Waals surface area contributed by atoms with Crippen molar-refractivity contribution in [2.45, 2.75) is 17.6 Å². The number of aryl methyl sites for hydroxylation is 1. The van der Waals surface area contributed by atoms with E-state index in [9.17, 15) is 13.2 Å². The summed E-state index contributed by atoms with van der Waals surface area (Å²) in [6.07, 6.45) is 1.64.